The highest BCUT2D eigenvalue weighted by Crippen LogP contribution is 2.31. The van der Waals surface area contributed by atoms with Crippen LogP contribution in [0.4, 0.5) is 4.39 Å². The number of amides is 1. The number of aromatic nitrogens is 3. The van der Waals surface area contributed by atoms with Gasteiger partial charge in [0.05, 0.1) is 21.1 Å². The van der Waals surface area contributed by atoms with Gasteiger partial charge >= 0.3 is 0 Å². The van der Waals surface area contributed by atoms with Crippen LogP contribution in [0.1, 0.15) is 29.9 Å². The number of pyridine rings is 1. The van der Waals surface area contributed by atoms with Crippen LogP contribution >= 0.6 is 23.2 Å². The maximum Gasteiger partial charge on any atom is 0.243 e. The van der Waals surface area contributed by atoms with Crippen LogP contribution in [-0.4, -0.2) is 20.4 Å². The lowest BCUT2D eigenvalue weighted by Crippen LogP contribution is -2.31. The summed E-state index contributed by atoms with van der Waals surface area (Å²) in [6.45, 7) is 2.17. The Kier molecular flexibility index (Phi) is 6.20. The molecule has 0 aliphatic heterocycles. The van der Waals surface area contributed by atoms with E-state index in [0.717, 1.165) is 11.1 Å². The summed E-state index contributed by atoms with van der Waals surface area (Å²) in [6, 6.07) is 12.8. The number of imidazole rings is 1. The third-order valence-corrected chi connectivity index (χ3v) is 5.76. The lowest BCUT2D eigenvalue weighted by molar-refractivity contribution is -0.124. The van der Waals surface area contributed by atoms with Crippen molar-refractivity contribution in [1.29, 1.82) is 0 Å². The summed E-state index contributed by atoms with van der Waals surface area (Å²) in [5, 5.41) is 3.71. The number of nitrogens with zero attached hydrogens (tertiary/aromatic N) is 3. The molecular formula is C23H19Cl2FN4O. The zero-order valence-corrected chi connectivity index (χ0v) is 18.2. The number of carbonyl (C=O) groups excluding carboxylic acids is 1. The predicted octanol–water partition coefficient (Wildman–Crippen LogP) is 5.35. The molecule has 0 aliphatic carbocycles. The van der Waals surface area contributed by atoms with Crippen molar-refractivity contribution in [2.45, 2.75) is 25.9 Å². The second-order valence-electron chi connectivity index (χ2n) is 7.21. The van der Waals surface area contributed by atoms with Crippen molar-refractivity contribution >= 4 is 40.1 Å². The van der Waals surface area contributed by atoms with E-state index in [-0.39, 0.29) is 11.7 Å². The summed E-state index contributed by atoms with van der Waals surface area (Å²) >= 11 is 12.4. The molecule has 8 heteroatoms. The van der Waals surface area contributed by atoms with Crippen LogP contribution in [0.5, 0.6) is 0 Å². The smallest absolute Gasteiger partial charge is 0.243 e. The fourth-order valence-electron chi connectivity index (χ4n) is 3.44. The molecule has 2 heterocycles. The molecule has 5 nitrogen and oxygen atoms in total. The average Bonchev–Trinajstić information content (AvgIpc) is 3.10. The minimum Gasteiger partial charge on any atom is -0.350 e. The molecule has 0 bridgehead atoms. The minimum absolute atomic E-state index is 0.172. The van der Waals surface area contributed by atoms with Gasteiger partial charge in [-0.25, -0.2) is 9.37 Å². The van der Waals surface area contributed by atoms with E-state index in [1.54, 1.807) is 43.6 Å². The lowest BCUT2D eigenvalue weighted by atomic mass is 10.1. The van der Waals surface area contributed by atoms with Crippen LogP contribution in [0.2, 0.25) is 10.0 Å². The molecule has 0 fully saturated rings. The molecule has 31 heavy (non-hydrogen) atoms. The SMILES string of the molecule is C[C@@H](C(=O)NCc1cccnc1)n1c(Cc2ccc(F)cc2)nc2cc(Cl)c(Cl)cc21. The topological polar surface area (TPSA) is 59.8 Å². The van der Waals surface area contributed by atoms with Gasteiger partial charge in [-0.05, 0) is 48.4 Å². The molecule has 0 radical (unpaired) electrons. The minimum atomic E-state index is -0.561. The van der Waals surface area contributed by atoms with Gasteiger partial charge in [-0.3, -0.25) is 9.78 Å². The third kappa shape index (κ3) is 4.70. The van der Waals surface area contributed by atoms with Crippen LogP contribution in [0.15, 0.2) is 60.9 Å². The van der Waals surface area contributed by atoms with E-state index in [9.17, 15) is 9.18 Å². The molecule has 1 amide bonds. The molecule has 0 saturated carbocycles. The van der Waals surface area contributed by atoms with Crippen LogP contribution in [0.25, 0.3) is 11.0 Å². The number of rotatable bonds is 6. The highest BCUT2D eigenvalue weighted by molar-refractivity contribution is 6.42. The first kappa shape index (κ1) is 21.3. The normalized spacial score (nSPS) is 12.1. The summed E-state index contributed by atoms with van der Waals surface area (Å²) in [4.78, 5) is 21.7. The highest BCUT2D eigenvalue weighted by atomic mass is 35.5. The Morgan fingerprint density at radius 3 is 2.58 bits per heavy atom. The van der Waals surface area contributed by atoms with Gasteiger partial charge in [0.15, 0.2) is 0 Å². The zero-order chi connectivity index (χ0) is 22.0. The standard InChI is InChI=1S/C23H19Cl2FN4O/c1-14(23(31)28-13-16-3-2-8-27-12-16)30-21-11-19(25)18(24)10-20(21)29-22(30)9-15-4-6-17(26)7-5-15/h2-8,10-12,14H,9,13H2,1H3,(H,28,31)/t14-/m0/s1. The Balaban J connectivity index is 1.68. The third-order valence-electron chi connectivity index (χ3n) is 5.04. The van der Waals surface area contributed by atoms with Gasteiger partial charge in [0, 0.05) is 25.4 Å². The quantitative estimate of drug-likeness (QED) is 0.425. The van der Waals surface area contributed by atoms with Gasteiger partial charge < -0.3 is 9.88 Å². The Morgan fingerprint density at radius 1 is 1.13 bits per heavy atom. The first-order valence-electron chi connectivity index (χ1n) is 9.69. The molecule has 0 saturated heterocycles. The van der Waals surface area contributed by atoms with Crippen molar-refractivity contribution in [3.05, 3.63) is 93.7 Å². The molecule has 0 aliphatic rings. The van der Waals surface area contributed by atoms with Crippen LogP contribution in [0.3, 0.4) is 0 Å². The van der Waals surface area contributed by atoms with E-state index in [2.05, 4.69) is 10.3 Å². The number of carbonyl (C=O) groups is 1. The number of halogens is 3. The second-order valence-corrected chi connectivity index (χ2v) is 8.03. The number of hydrogen-bond donors (Lipinski definition) is 1. The van der Waals surface area contributed by atoms with E-state index in [1.165, 1.54) is 12.1 Å². The molecule has 2 aromatic heterocycles. The maximum absolute atomic E-state index is 13.3. The van der Waals surface area contributed by atoms with Gasteiger partial charge in [0.1, 0.15) is 17.7 Å². The number of nitrogens with one attached hydrogen (secondary N) is 1. The van der Waals surface area contributed by atoms with Gasteiger partial charge in [-0.15, -0.1) is 0 Å². The summed E-state index contributed by atoms with van der Waals surface area (Å²) in [6.07, 6.45) is 3.81. The summed E-state index contributed by atoms with van der Waals surface area (Å²) in [5.41, 5.74) is 3.12. The van der Waals surface area contributed by atoms with E-state index in [4.69, 9.17) is 28.2 Å². The summed E-state index contributed by atoms with van der Waals surface area (Å²) in [7, 11) is 0. The molecular weight excluding hydrogens is 438 g/mol. The van der Waals surface area contributed by atoms with Crippen molar-refractivity contribution in [2.75, 3.05) is 0 Å². The van der Waals surface area contributed by atoms with Gasteiger partial charge in [-0.1, -0.05) is 41.4 Å². The fraction of sp³-hybridized carbons (Fsp3) is 0.174. The van der Waals surface area contributed by atoms with Gasteiger partial charge in [-0.2, -0.15) is 0 Å². The first-order valence-corrected chi connectivity index (χ1v) is 10.4. The van der Waals surface area contributed by atoms with Crippen molar-refractivity contribution in [3.8, 4) is 0 Å². The van der Waals surface area contributed by atoms with E-state index < -0.39 is 6.04 Å². The monoisotopic (exact) mass is 456 g/mol. The van der Waals surface area contributed by atoms with E-state index in [1.807, 2.05) is 16.7 Å². The van der Waals surface area contributed by atoms with Crippen molar-refractivity contribution in [3.63, 3.8) is 0 Å². The predicted molar refractivity (Wildman–Crippen MR) is 120 cm³/mol. The molecule has 158 valence electrons. The largest absolute Gasteiger partial charge is 0.350 e. The number of fused-ring (bicyclic) bond motifs is 1. The number of benzene rings is 2. The molecule has 1 atom stereocenters. The van der Waals surface area contributed by atoms with Crippen molar-refractivity contribution < 1.29 is 9.18 Å². The first-order chi connectivity index (χ1) is 14.9. The summed E-state index contributed by atoms with van der Waals surface area (Å²) in [5.74, 6) is 0.178. The van der Waals surface area contributed by atoms with Crippen molar-refractivity contribution in [1.82, 2.24) is 19.9 Å². The average molecular weight is 457 g/mol. The molecule has 4 aromatic rings. The highest BCUT2D eigenvalue weighted by Gasteiger charge is 2.22. The van der Waals surface area contributed by atoms with E-state index in [0.29, 0.717) is 39.9 Å². The van der Waals surface area contributed by atoms with Crippen LogP contribution < -0.4 is 5.32 Å². The van der Waals surface area contributed by atoms with Crippen LogP contribution in [-0.2, 0) is 17.8 Å². The van der Waals surface area contributed by atoms with Crippen LogP contribution in [0, 0.1) is 5.82 Å². The molecule has 2 aromatic carbocycles. The van der Waals surface area contributed by atoms with Gasteiger partial charge in [0.25, 0.3) is 0 Å². The Bertz CT molecular complexity index is 1230. The molecule has 0 unspecified atom stereocenters. The summed E-state index contributed by atoms with van der Waals surface area (Å²) < 4.78 is 15.2. The molecule has 1 N–H and O–H groups in total. The molecule has 4 rings (SSSR count). The second kappa shape index (κ2) is 9.04. The van der Waals surface area contributed by atoms with E-state index >= 15 is 0 Å². The Hall–Kier alpha value is -2.96. The molecule has 0 spiro atoms. The fourth-order valence-corrected chi connectivity index (χ4v) is 3.75. The Labute approximate surface area is 188 Å². The van der Waals surface area contributed by atoms with Crippen molar-refractivity contribution in [2.24, 2.45) is 0 Å². The lowest BCUT2D eigenvalue weighted by Gasteiger charge is -2.18. The maximum atomic E-state index is 13.3. The number of hydrogen-bond acceptors (Lipinski definition) is 3. The Morgan fingerprint density at radius 2 is 1.87 bits per heavy atom. The zero-order valence-electron chi connectivity index (χ0n) is 16.6. The van der Waals surface area contributed by atoms with Gasteiger partial charge in [0.2, 0.25) is 5.91 Å².